The molecule has 0 spiro atoms. The fourth-order valence-electron chi connectivity index (χ4n) is 6.39. The molecular weight excluding hydrogens is 680 g/mol. The number of nitrogens with one attached hydrogen (secondary N) is 4. The zero-order valence-corrected chi connectivity index (χ0v) is 29.5. The fraction of sp³-hybridized carbons (Fsp3) is 0.351. The Morgan fingerprint density at radius 2 is 1.76 bits per heavy atom. The van der Waals surface area contributed by atoms with E-state index in [-0.39, 0.29) is 40.4 Å². The van der Waals surface area contributed by atoms with Gasteiger partial charge in [0.25, 0.3) is 0 Å². The van der Waals surface area contributed by atoms with Crippen molar-refractivity contribution in [2.75, 3.05) is 32.1 Å². The Bertz CT molecular complexity index is 1870. The van der Waals surface area contributed by atoms with Crippen molar-refractivity contribution in [1.82, 2.24) is 30.8 Å². The Labute approximate surface area is 301 Å². The van der Waals surface area contributed by atoms with Gasteiger partial charge in [0, 0.05) is 86.6 Å². The lowest BCUT2D eigenvalue weighted by Crippen LogP contribution is -2.44. The van der Waals surface area contributed by atoms with Crippen LogP contribution < -0.4 is 26.0 Å². The van der Waals surface area contributed by atoms with Crippen LogP contribution in [0.15, 0.2) is 60.8 Å². The molecule has 262 valence electrons. The van der Waals surface area contributed by atoms with E-state index in [0.29, 0.717) is 83.8 Å². The number of hydrogen-bond acceptors (Lipinski definition) is 8. The van der Waals surface area contributed by atoms with E-state index in [1.165, 1.54) is 0 Å². The van der Waals surface area contributed by atoms with Gasteiger partial charge in [-0.2, -0.15) is 0 Å². The quantitative estimate of drug-likeness (QED) is 0.131. The van der Waals surface area contributed by atoms with E-state index in [0.717, 1.165) is 24.8 Å². The first-order valence-corrected chi connectivity index (χ1v) is 17.5. The number of aromatic nitrogens is 2. The lowest BCUT2D eigenvalue weighted by Gasteiger charge is -2.31. The van der Waals surface area contributed by atoms with E-state index in [4.69, 9.17) is 32.9 Å². The van der Waals surface area contributed by atoms with E-state index in [1.54, 1.807) is 44.5 Å². The minimum Gasteiger partial charge on any atom is -0.481 e. The first-order valence-electron chi connectivity index (χ1n) is 16.7. The molecule has 50 heavy (non-hydrogen) atoms. The van der Waals surface area contributed by atoms with Crippen LogP contribution in [0.25, 0.3) is 22.5 Å². The summed E-state index contributed by atoms with van der Waals surface area (Å²) in [5.74, 6) is 0.260. The van der Waals surface area contributed by atoms with Crippen LogP contribution in [0.5, 0.6) is 5.88 Å². The Morgan fingerprint density at radius 1 is 0.980 bits per heavy atom. The molecule has 0 bridgehead atoms. The molecule has 2 fully saturated rings. The van der Waals surface area contributed by atoms with Crippen LogP contribution in [0.3, 0.4) is 0 Å². The van der Waals surface area contributed by atoms with Crippen molar-refractivity contribution in [3.05, 3.63) is 87.8 Å². The van der Waals surface area contributed by atoms with Crippen molar-refractivity contribution in [1.29, 1.82) is 0 Å². The zero-order valence-electron chi connectivity index (χ0n) is 28.0. The topological polar surface area (TPSA) is 121 Å². The Balaban J connectivity index is 1.16. The summed E-state index contributed by atoms with van der Waals surface area (Å²) in [5, 5.41) is 13.6. The summed E-state index contributed by atoms with van der Waals surface area (Å²) in [7, 11) is 1.57. The number of rotatable bonds is 12. The van der Waals surface area contributed by atoms with E-state index >= 15 is 4.39 Å². The number of benzene rings is 2. The second-order valence-electron chi connectivity index (χ2n) is 12.6. The molecule has 2 saturated heterocycles. The lowest BCUT2D eigenvalue weighted by atomic mass is 10.0. The molecule has 2 aliphatic heterocycles. The van der Waals surface area contributed by atoms with Gasteiger partial charge in [-0.3, -0.25) is 14.6 Å². The number of carbonyl (C=O) groups is 2. The van der Waals surface area contributed by atoms with Crippen LogP contribution in [0, 0.1) is 5.82 Å². The molecule has 0 radical (unpaired) electrons. The summed E-state index contributed by atoms with van der Waals surface area (Å²) >= 11 is 13.9. The molecule has 6 rings (SSSR count). The van der Waals surface area contributed by atoms with Crippen LogP contribution in [-0.4, -0.2) is 65.5 Å². The highest BCUT2D eigenvalue weighted by Crippen LogP contribution is 2.41. The first-order chi connectivity index (χ1) is 24.2. The van der Waals surface area contributed by atoms with Crippen molar-refractivity contribution in [3.8, 4) is 28.4 Å². The van der Waals surface area contributed by atoms with Crippen LogP contribution in [-0.2, 0) is 22.7 Å². The summed E-state index contributed by atoms with van der Waals surface area (Å²) in [6.45, 7) is 4.53. The van der Waals surface area contributed by atoms with Gasteiger partial charge in [0.1, 0.15) is 0 Å². The summed E-state index contributed by atoms with van der Waals surface area (Å²) in [6, 6.07) is 16.6. The number of hydrogen-bond donors (Lipinski definition) is 4. The SMILES string of the molecule is COc1nc(-c2cccc(-c3nccc(Nc4cccc(CNC5CCN(C(C)=O)CC5)c4F)c3Cl)c2Cl)ccc1CNC[C@H]1CCC(=O)N1. The predicted octanol–water partition coefficient (Wildman–Crippen LogP) is 6.48. The van der Waals surface area contributed by atoms with Crippen LogP contribution in [0.1, 0.15) is 43.7 Å². The third-order valence-electron chi connectivity index (χ3n) is 9.21. The van der Waals surface area contributed by atoms with Crippen molar-refractivity contribution in [3.63, 3.8) is 0 Å². The first kappa shape index (κ1) is 35.5. The largest absolute Gasteiger partial charge is 0.481 e. The van der Waals surface area contributed by atoms with Gasteiger partial charge in [0.2, 0.25) is 17.7 Å². The molecule has 0 saturated carbocycles. The maximum Gasteiger partial charge on any atom is 0.220 e. The smallest absolute Gasteiger partial charge is 0.220 e. The molecule has 0 aliphatic carbocycles. The molecule has 2 aromatic heterocycles. The van der Waals surface area contributed by atoms with Gasteiger partial charge >= 0.3 is 0 Å². The van der Waals surface area contributed by atoms with Crippen molar-refractivity contribution < 1.29 is 18.7 Å². The molecule has 2 amide bonds. The predicted molar refractivity (Wildman–Crippen MR) is 194 cm³/mol. The third-order valence-corrected chi connectivity index (χ3v) is 10.0. The number of halogens is 3. The van der Waals surface area contributed by atoms with Gasteiger partial charge < -0.3 is 30.9 Å². The second-order valence-corrected chi connectivity index (χ2v) is 13.3. The van der Waals surface area contributed by atoms with Crippen molar-refractivity contribution >= 4 is 46.4 Å². The van der Waals surface area contributed by atoms with Crippen LogP contribution >= 0.6 is 23.2 Å². The molecule has 10 nitrogen and oxygen atoms in total. The number of ether oxygens (including phenoxy) is 1. The molecule has 2 aromatic carbocycles. The Kier molecular flexibility index (Phi) is 11.5. The average molecular weight is 721 g/mol. The van der Waals surface area contributed by atoms with Gasteiger partial charge in [0.15, 0.2) is 5.82 Å². The number of carbonyl (C=O) groups excluding carboxylic acids is 2. The maximum absolute atomic E-state index is 15.7. The normalized spacial score (nSPS) is 16.4. The van der Waals surface area contributed by atoms with Gasteiger partial charge in [-0.05, 0) is 37.5 Å². The number of methoxy groups -OCH3 is 1. The monoisotopic (exact) mass is 719 g/mol. The molecule has 4 aromatic rings. The highest BCUT2D eigenvalue weighted by molar-refractivity contribution is 6.39. The van der Waals surface area contributed by atoms with Gasteiger partial charge in [-0.1, -0.05) is 59.6 Å². The van der Waals surface area contributed by atoms with E-state index in [1.807, 2.05) is 35.2 Å². The molecule has 13 heteroatoms. The molecule has 0 unspecified atom stereocenters. The van der Waals surface area contributed by atoms with Gasteiger partial charge in [0.05, 0.1) is 39.9 Å². The minimum atomic E-state index is -0.375. The summed E-state index contributed by atoms with van der Waals surface area (Å²) in [6.07, 6.45) is 4.63. The minimum absolute atomic E-state index is 0.0852. The number of pyridine rings is 2. The number of piperidine rings is 1. The zero-order chi connectivity index (χ0) is 35.2. The highest BCUT2D eigenvalue weighted by Gasteiger charge is 2.23. The number of likely N-dealkylation sites (tertiary alicyclic amines) is 1. The van der Waals surface area contributed by atoms with Crippen molar-refractivity contribution in [2.24, 2.45) is 0 Å². The molecule has 4 heterocycles. The number of anilines is 2. The summed E-state index contributed by atoms with van der Waals surface area (Å²) in [5.41, 5.74) is 4.48. The van der Waals surface area contributed by atoms with Crippen LogP contribution in [0.4, 0.5) is 15.8 Å². The molecule has 4 N–H and O–H groups in total. The summed E-state index contributed by atoms with van der Waals surface area (Å²) in [4.78, 5) is 34.3. The maximum atomic E-state index is 15.7. The fourth-order valence-corrected chi connectivity index (χ4v) is 6.97. The lowest BCUT2D eigenvalue weighted by molar-refractivity contribution is -0.130. The van der Waals surface area contributed by atoms with E-state index < -0.39 is 0 Å². The molecule has 2 aliphatic rings. The van der Waals surface area contributed by atoms with Crippen molar-refractivity contribution in [2.45, 2.75) is 57.8 Å². The number of amides is 2. The number of nitrogens with zero attached hydrogens (tertiary/aromatic N) is 3. The van der Waals surface area contributed by atoms with E-state index in [9.17, 15) is 9.59 Å². The second kappa shape index (κ2) is 16.2. The molecule has 1 atom stereocenters. The third kappa shape index (κ3) is 8.18. The Hall–Kier alpha value is -4.29. The van der Waals surface area contributed by atoms with Crippen LogP contribution in [0.2, 0.25) is 10.0 Å². The van der Waals surface area contributed by atoms with Gasteiger partial charge in [-0.15, -0.1) is 0 Å². The Morgan fingerprint density at radius 3 is 2.50 bits per heavy atom. The average Bonchev–Trinajstić information content (AvgIpc) is 3.54. The standard InChI is InChI=1S/C37H40Cl2FN7O3/c1-22(48)47-17-14-25(15-18-47)43-20-23-5-3-8-31(35(23)40)45-30-13-16-42-36(34(30)39)28-7-4-6-27(33(28)38)29-11-9-24(37(46-29)50-2)19-41-21-26-10-12-32(49)44-26/h3-9,11,13,16,25-26,41,43H,10,12,14-15,17-21H2,1-2H3,(H,42,45)(H,44,49)/t26-/m1/s1. The van der Waals surface area contributed by atoms with Gasteiger partial charge in [-0.25, -0.2) is 9.37 Å². The van der Waals surface area contributed by atoms with E-state index in [2.05, 4.69) is 26.3 Å². The summed E-state index contributed by atoms with van der Waals surface area (Å²) < 4.78 is 21.3. The molecular formula is C37H40Cl2FN7O3. The highest BCUT2D eigenvalue weighted by atomic mass is 35.5.